The van der Waals surface area contributed by atoms with Crippen molar-refractivity contribution < 1.29 is 17.9 Å². The number of aromatic nitrogens is 3. The molecule has 1 aliphatic rings. The minimum Gasteiger partial charge on any atom is -0.437 e. The van der Waals surface area contributed by atoms with Crippen LogP contribution in [0.5, 0.6) is 11.6 Å². The third-order valence-corrected chi connectivity index (χ3v) is 8.80. The molecule has 0 saturated carbocycles. The van der Waals surface area contributed by atoms with Crippen LogP contribution in [-0.2, 0) is 20.5 Å². The van der Waals surface area contributed by atoms with Crippen LogP contribution >= 0.6 is 0 Å². The van der Waals surface area contributed by atoms with E-state index in [-0.39, 0.29) is 17.9 Å². The van der Waals surface area contributed by atoms with E-state index in [2.05, 4.69) is 25.3 Å². The molecule has 0 radical (unpaired) electrons. The highest BCUT2D eigenvalue weighted by atomic mass is 32.2. The second-order valence-electron chi connectivity index (χ2n) is 10.8. The molecule has 1 saturated heterocycles. The number of ether oxygens (including phenoxy) is 2. The molecule has 3 aromatic carbocycles. The Hall–Kier alpha value is -4.58. The number of benzene rings is 3. The highest BCUT2D eigenvalue weighted by Gasteiger charge is 2.22. The summed E-state index contributed by atoms with van der Waals surface area (Å²) >= 11 is 0. The summed E-state index contributed by atoms with van der Waals surface area (Å²) in [6, 6.07) is 24.1. The Balaban J connectivity index is 1.28. The van der Waals surface area contributed by atoms with Crippen molar-refractivity contribution in [1.29, 1.82) is 0 Å². The van der Waals surface area contributed by atoms with E-state index in [1.807, 2.05) is 67.6 Å². The molecule has 226 valence electrons. The van der Waals surface area contributed by atoms with Gasteiger partial charge < -0.3 is 20.1 Å². The second-order valence-corrected chi connectivity index (χ2v) is 12.5. The van der Waals surface area contributed by atoms with Crippen molar-refractivity contribution in [3.05, 3.63) is 102 Å². The lowest BCUT2D eigenvalue weighted by Gasteiger charge is -2.29. The zero-order valence-electron chi connectivity index (χ0n) is 24.5. The van der Waals surface area contributed by atoms with Gasteiger partial charge in [0.25, 0.3) is 0 Å². The fourth-order valence-corrected chi connectivity index (χ4v) is 6.59. The zero-order chi connectivity index (χ0) is 30.5. The van der Waals surface area contributed by atoms with Crippen LogP contribution in [0.2, 0.25) is 0 Å². The Morgan fingerprint density at radius 2 is 1.77 bits per heavy atom. The first-order chi connectivity index (χ1) is 21.4. The SMILES string of the molecule is CO[C@H]1CNC[C@@H](Nc2nccc(-c3cccnc3Oc3c(C)ccc4c(NS(=O)(=O)Cc5ccccc5)cccc34)n2)C1. The molecule has 1 aliphatic heterocycles. The van der Waals surface area contributed by atoms with Crippen LogP contribution in [0.1, 0.15) is 17.5 Å². The van der Waals surface area contributed by atoms with Gasteiger partial charge in [0.15, 0.2) is 0 Å². The maximum atomic E-state index is 13.1. The molecule has 11 heteroatoms. The third-order valence-electron chi connectivity index (χ3n) is 7.55. The summed E-state index contributed by atoms with van der Waals surface area (Å²) in [5, 5.41) is 8.26. The van der Waals surface area contributed by atoms with E-state index in [0.717, 1.165) is 30.5 Å². The van der Waals surface area contributed by atoms with Crippen LogP contribution in [0.25, 0.3) is 22.0 Å². The number of aryl methyl sites for hydroxylation is 1. The van der Waals surface area contributed by atoms with Crippen molar-refractivity contribution in [2.75, 3.05) is 30.2 Å². The van der Waals surface area contributed by atoms with Gasteiger partial charge in [-0.25, -0.2) is 23.4 Å². The first-order valence-corrected chi connectivity index (χ1v) is 16.1. The van der Waals surface area contributed by atoms with E-state index < -0.39 is 10.0 Å². The lowest BCUT2D eigenvalue weighted by atomic mass is 10.0. The number of rotatable bonds is 10. The molecule has 0 unspecified atom stereocenters. The van der Waals surface area contributed by atoms with Crippen molar-refractivity contribution in [3.8, 4) is 22.9 Å². The predicted octanol–water partition coefficient (Wildman–Crippen LogP) is 5.52. The fourth-order valence-electron chi connectivity index (χ4n) is 5.38. The van der Waals surface area contributed by atoms with Crippen LogP contribution < -0.4 is 20.1 Å². The molecule has 1 fully saturated rings. The van der Waals surface area contributed by atoms with Crippen molar-refractivity contribution >= 4 is 32.4 Å². The largest absolute Gasteiger partial charge is 0.437 e. The summed E-state index contributed by atoms with van der Waals surface area (Å²) in [6.07, 6.45) is 4.36. The number of hydrogen-bond donors (Lipinski definition) is 3. The number of methoxy groups -OCH3 is 1. The Bertz CT molecular complexity index is 1870. The lowest BCUT2D eigenvalue weighted by Crippen LogP contribution is -2.46. The number of hydrogen-bond acceptors (Lipinski definition) is 9. The van der Waals surface area contributed by atoms with Crippen molar-refractivity contribution in [2.24, 2.45) is 0 Å². The van der Waals surface area contributed by atoms with E-state index >= 15 is 0 Å². The van der Waals surface area contributed by atoms with Gasteiger partial charge in [0.2, 0.25) is 21.9 Å². The Morgan fingerprint density at radius 1 is 0.909 bits per heavy atom. The summed E-state index contributed by atoms with van der Waals surface area (Å²) in [5.74, 6) is 1.34. The fraction of sp³-hybridized carbons (Fsp3) is 0.242. The summed E-state index contributed by atoms with van der Waals surface area (Å²) in [5.41, 5.74) is 3.42. The normalized spacial score (nSPS) is 16.9. The number of piperidine rings is 1. The first-order valence-electron chi connectivity index (χ1n) is 14.4. The molecule has 10 nitrogen and oxygen atoms in total. The average molecular weight is 611 g/mol. The van der Waals surface area contributed by atoms with E-state index in [1.165, 1.54) is 0 Å². The van der Waals surface area contributed by atoms with Crippen molar-refractivity contribution in [1.82, 2.24) is 20.3 Å². The van der Waals surface area contributed by atoms with Gasteiger partial charge in [0, 0.05) is 49.4 Å². The molecule has 44 heavy (non-hydrogen) atoms. The van der Waals surface area contributed by atoms with Crippen molar-refractivity contribution in [2.45, 2.75) is 31.2 Å². The van der Waals surface area contributed by atoms with E-state index in [1.54, 1.807) is 37.7 Å². The quantitative estimate of drug-likeness (QED) is 0.187. The smallest absolute Gasteiger partial charge is 0.236 e. The summed E-state index contributed by atoms with van der Waals surface area (Å²) in [6.45, 7) is 3.56. The number of nitrogens with one attached hydrogen (secondary N) is 3. The molecule has 3 N–H and O–H groups in total. The molecule has 0 aliphatic carbocycles. The molecule has 0 bridgehead atoms. The molecular weight excluding hydrogens is 576 g/mol. The van der Waals surface area contributed by atoms with Gasteiger partial charge in [-0.15, -0.1) is 0 Å². The van der Waals surface area contributed by atoms with Crippen LogP contribution in [-0.4, -0.2) is 55.7 Å². The van der Waals surface area contributed by atoms with Crippen molar-refractivity contribution in [3.63, 3.8) is 0 Å². The number of fused-ring (bicyclic) bond motifs is 1. The van der Waals surface area contributed by atoms with Crippen LogP contribution in [0.4, 0.5) is 11.6 Å². The number of sulfonamides is 1. The Labute approximate surface area is 256 Å². The maximum absolute atomic E-state index is 13.1. The average Bonchev–Trinajstić information content (AvgIpc) is 3.03. The first kappa shape index (κ1) is 29.5. The molecular formula is C33H34N6O4S. The van der Waals surface area contributed by atoms with Crippen LogP contribution in [0.3, 0.4) is 0 Å². The Kier molecular flexibility index (Phi) is 8.69. The van der Waals surface area contributed by atoms with Gasteiger partial charge in [0.05, 0.1) is 28.8 Å². The highest BCUT2D eigenvalue weighted by molar-refractivity contribution is 7.91. The molecule has 0 amide bonds. The van der Waals surface area contributed by atoms with E-state index in [9.17, 15) is 8.42 Å². The monoisotopic (exact) mass is 610 g/mol. The molecule has 6 rings (SSSR count). The van der Waals surface area contributed by atoms with Crippen LogP contribution in [0.15, 0.2) is 91.3 Å². The standard InChI is InChI=1S/C33H34N6O4S/c1-22-13-14-26-27(10-6-12-30(26)39-44(40,41)21-23-8-4-3-5-9-23)31(22)43-32-28(11-7-16-35-32)29-15-17-36-33(38-29)37-24-18-25(42-2)20-34-19-24/h3-17,24-25,34,39H,18-21H2,1-2H3,(H,36,37,38)/t24-,25+/m0/s1. The molecule has 0 spiro atoms. The molecule has 2 atom stereocenters. The predicted molar refractivity (Wildman–Crippen MR) is 172 cm³/mol. The topological polar surface area (TPSA) is 127 Å². The number of anilines is 2. The van der Waals surface area contributed by atoms with Gasteiger partial charge in [-0.05, 0) is 48.7 Å². The minimum absolute atomic E-state index is 0.128. The molecule has 5 aromatic rings. The maximum Gasteiger partial charge on any atom is 0.236 e. The minimum atomic E-state index is -3.66. The lowest BCUT2D eigenvalue weighted by molar-refractivity contribution is 0.0770. The van der Waals surface area contributed by atoms with E-state index in [0.29, 0.717) is 45.5 Å². The second kappa shape index (κ2) is 13.0. The van der Waals surface area contributed by atoms with Gasteiger partial charge in [0.1, 0.15) is 5.75 Å². The summed E-state index contributed by atoms with van der Waals surface area (Å²) in [4.78, 5) is 13.8. The summed E-state index contributed by atoms with van der Waals surface area (Å²) < 4.78 is 40.9. The number of pyridine rings is 1. The molecule has 2 aromatic heterocycles. The highest BCUT2D eigenvalue weighted by Crippen LogP contribution is 2.39. The van der Waals surface area contributed by atoms with Gasteiger partial charge in [-0.1, -0.05) is 54.6 Å². The zero-order valence-corrected chi connectivity index (χ0v) is 25.3. The Morgan fingerprint density at radius 3 is 2.61 bits per heavy atom. The van der Waals surface area contributed by atoms with E-state index in [4.69, 9.17) is 14.5 Å². The van der Waals surface area contributed by atoms with Gasteiger partial charge in [-0.3, -0.25) is 4.72 Å². The third kappa shape index (κ3) is 6.80. The van der Waals surface area contributed by atoms with Crippen LogP contribution in [0, 0.1) is 6.92 Å². The number of nitrogens with zero attached hydrogens (tertiary/aromatic N) is 3. The van der Waals surface area contributed by atoms with Gasteiger partial charge >= 0.3 is 0 Å². The molecule has 3 heterocycles. The van der Waals surface area contributed by atoms with Gasteiger partial charge in [-0.2, -0.15) is 0 Å². The summed E-state index contributed by atoms with van der Waals surface area (Å²) in [7, 11) is -1.94.